The first-order chi connectivity index (χ1) is 10.2. The number of halogens is 1. The minimum absolute atomic E-state index is 0.204. The third-order valence-corrected chi connectivity index (χ3v) is 3.29. The van der Waals surface area contributed by atoms with Crippen molar-refractivity contribution in [2.75, 3.05) is 0 Å². The van der Waals surface area contributed by atoms with Crippen LogP contribution in [0.4, 0.5) is 4.39 Å². The number of benzene rings is 2. The largest absolute Gasteiger partial charge is 0.390 e. The van der Waals surface area contributed by atoms with Crippen molar-refractivity contribution < 1.29 is 9.50 Å². The minimum atomic E-state index is -0.307. The highest BCUT2D eigenvalue weighted by Gasteiger charge is 2.15. The number of aryl methyl sites for hydroxylation is 1. The highest BCUT2D eigenvalue weighted by Crippen LogP contribution is 2.25. The fourth-order valence-electron chi connectivity index (χ4n) is 2.18. The lowest BCUT2D eigenvalue weighted by molar-refractivity contribution is 0.277. The van der Waals surface area contributed by atoms with E-state index in [0.717, 1.165) is 11.1 Å². The van der Waals surface area contributed by atoms with Gasteiger partial charge in [0, 0.05) is 5.56 Å². The van der Waals surface area contributed by atoms with Crippen LogP contribution in [0.5, 0.6) is 0 Å². The van der Waals surface area contributed by atoms with Gasteiger partial charge >= 0.3 is 0 Å². The molecular weight excluding hydrogens is 269 g/mol. The maximum atomic E-state index is 13.1. The van der Waals surface area contributed by atoms with Crippen molar-refractivity contribution >= 4 is 0 Å². The Morgan fingerprint density at radius 1 is 1.05 bits per heavy atom. The molecule has 3 rings (SSSR count). The predicted octanol–water partition coefficient (Wildman–Crippen LogP) is 2.87. The van der Waals surface area contributed by atoms with Gasteiger partial charge in [-0.2, -0.15) is 0 Å². The van der Waals surface area contributed by atoms with Gasteiger partial charge in [-0.1, -0.05) is 35.0 Å². The summed E-state index contributed by atoms with van der Waals surface area (Å²) < 4.78 is 14.7. The van der Waals surface area contributed by atoms with Gasteiger partial charge in [-0.3, -0.25) is 0 Å². The van der Waals surface area contributed by atoms with Crippen molar-refractivity contribution in [1.29, 1.82) is 0 Å². The molecule has 0 saturated carbocycles. The van der Waals surface area contributed by atoms with Gasteiger partial charge in [0.1, 0.15) is 17.2 Å². The highest BCUT2D eigenvalue weighted by molar-refractivity contribution is 5.64. The monoisotopic (exact) mass is 283 g/mol. The maximum absolute atomic E-state index is 13.1. The Labute approximate surface area is 121 Å². The van der Waals surface area contributed by atoms with E-state index in [1.54, 1.807) is 16.8 Å². The molecule has 0 atom stereocenters. The van der Waals surface area contributed by atoms with Gasteiger partial charge in [0.25, 0.3) is 0 Å². The van der Waals surface area contributed by atoms with E-state index in [-0.39, 0.29) is 12.4 Å². The Hall–Kier alpha value is -2.53. The number of aromatic nitrogens is 3. The molecule has 0 fully saturated rings. The van der Waals surface area contributed by atoms with Gasteiger partial charge in [-0.05, 0) is 31.2 Å². The van der Waals surface area contributed by atoms with E-state index >= 15 is 0 Å². The first-order valence-electron chi connectivity index (χ1n) is 6.57. The summed E-state index contributed by atoms with van der Waals surface area (Å²) in [6, 6.07) is 13.9. The zero-order chi connectivity index (χ0) is 14.8. The Morgan fingerprint density at radius 2 is 1.71 bits per heavy atom. The first kappa shape index (κ1) is 13.5. The summed E-state index contributed by atoms with van der Waals surface area (Å²) in [5.41, 5.74) is 3.94. The van der Waals surface area contributed by atoms with E-state index in [1.165, 1.54) is 12.1 Å². The van der Waals surface area contributed by atoms with E-state index in [9.17, 15) is 9.50 Å². The van der Waals surface area contributed by atoms with Crippen LogP contribution in [0, 0.1) is 12.7 Å². The molecule has 3 aromatic rings. The van der Waals surface area contributed by atoms with Crippen LogP contribution in [0.2, 0.25) is 0 Å². The van der Waals surface area contributed by atoms with Crippen LogP contribution in [0.25, 0.3) is 16.9 Å². The molecule has 21 heavy (non-hydrogen) atoms. The highest BCUT2D eigenvalue weighted by atomic mass is 19.1. The molecule has 2 aromatic carbocycles. The zero-order valence-electron chi connectivity index (χ0n) is 11.5. The summed E-state index contributed by atoms with van der Waals surface area (Å²) in [6.07, 6.45) is 0. The average Bonchev–Trinajstić information content (AvgIpc) is 2.93. The van der Waals surface area contributed by atoms with Crippen molar-refractivity contribution in [3.8, 4) is 16.9 Å². The zero-order valence-corrected chi connectivity index (χ0v) is 11.5. The lowest BCUT2D eigenvalue weighted by atomic mass is 10.1. The summed E-state index contributed by atoms with van der Waals surface area (Å²) in [7, 11) is 0. The summed E-state index contributed by atoms with van der Waals surface area (Å²) in [5.74, 6) is -0.307. The number of hydrogen-bond donors (Lipinski definition) is 1. The molecular formula is C16H14FN3O. The molecule has 1 heterocycles. The van der Waals surface area contributed by atoms with Crippen LogP contribution in [0.15, 0.2) is 48.5 Å². The topological polar surface area (TPSA) is 50.9 Å². The molecule has 0 aliphatic rings. The molecule has 0 bridgehead atoms. The van der Waals surface area contributed by atoms with Crippen molar-refractivity contribution in [1.82, 2.24) is 15.0 Å². The number of aliphatic hydroxyl groups excluding tert-OH is 1. The van der Waals surface area contributed by atoms with Crippen LogP contribution < -0.4 is 0 Å². The fourth-order valence-corrected chi connectivity index (χ4v) is 2.18. The van der Waals surface area contributed by atoms with Gasteiger partial charge in [-0.15, -0.1) is 5.10 Å². The average molecular weight is 283 g/mol. The molecule has 0 saturated heterocycles. The fraction of sp³-hybridized carbons (Fsp3) is 0.125. The van der Waals surface area contributed by atoms with E-state index in [1.807, 2.05) is 31.2 Å². The van der Waals surface area contributed by atoms with Gasteiger partial charge < -0.3 is 5.11 Å². The van der Waals surface area contributed by atoms with Gasteiger partial charge in [-0.25, -0.2) is 9.07 Å². The number of hydrogen-bond acceptors (Lipinski definition) is 3. The van der Waals surface area contributed by atoms with Gasteiger partial charge in [0.05, 0.1) is 12.3 Å². The molecule has 0 aliphatic heterocycles. The summed E-state index contributed by atoms with van der Waals surface area (Å²) in [6.45, 7) is 1.80. The Bertz CT molecular complexity index is 748. The number of nitrogens with zero attached hydrogens (tertiary/aromatic N) is 3. The molecule has 1 N–H and O–H groups in total. The van der Waals surface area contributed by atoms with Crippen molar-refractivity contribution in [2.24, 2.45) is 0 Å². The molecule has 106 valence electrons. The molecule has 5 heteroatoms. The van der Waals surface area contributed by atoms with Crippen molar-refractivity contribution in [2.45, 2.75) is 13.5 Å². The van der Waals surface area contributed by atoms with Crippen LogP contribution in [0.1, 0.15) is 11.3 Å². The van der Waals surface area contributed by atoms with Crippen molar-refractivity contribution in [3.05, 3.63) is 65.6 Å². The molecule has 0 unspecified atom stereocenters. The summed E-state index contributed by atoms with van der Waals surface area (Å²) in [4.78, 5) is 0. The van der Waals surface area contributed by atoms with Gasteiger partial charge in [0.2, 0.25) is 0 Å². The van der Waals surface area contributed by atoms with E-state index in [2.05, 4.69) is 10.3 Å². The Morgan fingerprint density at radius 3 is 2.33 bits per heavy atom. The Kier molecular flexibility index (Phi) is 3.50. The smallest absolute Gasteiger partial charge is 0.123 e. The third-order valence-electron chi connectivity index (χ3n) is 3.29. The van der Waals surface area contributed by atoms with E-state index in [0.29, 0.717) is 17.1 Å². The molecule has 0 radical (unpaired) electrons. The normalized spacial score (nSPS) is 10.8. The lowest BCUT2D eigenvalue weighted by Crippen LogP contribution is -2.00. The van der Waals surface area contributed by atoms with E-state index in [4.69, 9.17) is 0 Å². The summed E-state index contributed by atoms with van der Waals surface area (Å²) >= 11 is 0. The van der Waals surface area contributed by atoms with Crippen LogP contribution in [-0.2, 0) is 6.61 Å². The second kappa shape index (κ2) is 5.46. The second-order valence-electron chi connectivity index (χ2n) is 4.80. The minimum Gasteiger partial charge on any atom is -0.390 e. The maximum Gasteiger partial charge on any atom is 0.123 e. The lowest BCUT2D eigenvalue weighted by Gasteiger charge is -2.08. The van der Waals surface area contributed by atoms with E-state index < -0.39 is 0 Å². The number of aliphatic hydroxyl groups is 1. The molecule has 0 amide bonds. The van der Waals surface area contributed by atoms with Crippen LogP contribution in [-0.4, -0.2) is 20.1 Å². The quantitative estimate of drug-likeness (QED) is 0.804. The first-order valence-corrected chi connectivity index (χ1v) is 6.57. The standard InChI is InChI=1S/C16H14FN3O/c1-11-2-4-12(5-3-11)16-15(10-21)18-19-20(16)14-8-6-13(17)7-9-14/h2-9,21H,10H2,1H3. The molecule has 0 aliphatic carbocycles. The second-order valence-corrected chi connectivity index (χ2v) is 4.80. The number of rotatable bonds is 3. The van der Waals surface area contributed by atoms with Crippen LogP contribution in [0.3, 0.4) is 0 Å². The van der Waals surface area contributed by atoms with Crippen LogP contribution >= 0.6 is 0 Å². The van der Waals surface area contributed by atoms with Crippen molar-refractivity contribution in [3.63, 3.8) is 0 Å². The predicted molar refractivity (Wildman–Crippen MR) is 77.4 cm³/mol. The molecule has 0 spiro atoms. The molecule has 4 nitrogen and oxygen atoms in total. The third kappa shape index (κ3) is 2.55. The summed E-state index contributed by atoms with van der Waals surface area (Å²) in [5, 5.41) is 17.5. The Balaban J connectivity index is 2.16. The van der Waals surface area contributed by atoms with Gasteiger partial charge in [0.15, 0.2) is 0 Å². The molecule has 1 aromatic heterocycles. The SMILES string of the molecule is Cc1ccc(-c2c(CO)nnn2-c2ccc(F)cc2)cc1.